The van der Waals surface area contributed by atoms with E-state index in [0.717, 1.165) is 5.56 Å². The predicted molar refractivity (Wildman–Crippen MR) is 116 cm³/mol. The number of rotatable bonds is 3. The van der Waals surface area contributed by atoms with Gasteiger partial charge in [-0.2, -0.15) is 0 Å². The molecule has 0 aliphatic rings. The third-order valence-electron chi connectivity index (χ3n) is 4.26. The zero-order chi connectivity index (χ0) is 18.2. The topological polar surface area (TPSA) is 0 Å². The van der Waals surface area contributed by atoms with Gasteiger partial charge in [0.25, 0.3) is 0 Å². The molecule has 126 valence electrons. The largest absolute Gasteiger partial charge is 0.0985 e. The minimum absolute atomic E-state index is 1.16. The molecular weight excluding hydrogens is 312 g/mol. The summed E-state index contributed by atoms with van der Waals surface area (Å²) in [5, 5.41) is 2.55. The lowest BCUT2D eigenvalue weighted by Gasteiger charge is -2.01. The molecule has 0 atom stereocenters. The summed E-state index contributed by atoms with van der Waals surface area (Å²) in [5.74, 6) is 0. The second-order valence-corrected chi connectivity index (χ2v) is 6.00. The van der Waals surface area contributed by atoms with Gasteiger partial charge in [-0.05, 0) is 39.1 Å². The van der Waals surface area contributed by atoms with Gasteiger partial charge < -0.3 is 0 Å². The molecular formula is C26H22. The Balaban J connectivity index is 0.000000152. The molecule has 0 heterocycles. The molecule has 0 N–H and O–H groups in total. The van der Waals surface area contributed by atoms with Crippen molar-refractivity contribution in [3.05, 3.63) is 121 Å². The fraction of sp³-hybridized carbons (Fsp3) is 0. The summed E-state index contributed by atoms with van der Waals surface area (Å²) >= 11 is 0. The quantitative estimate of drug-likeness (QED) is 0.364. The summed E-state index contributed by atoms with van der Waals surface area (Å²) in [5.41, 5.74) is 4.83. The standard InChI is InChI=1S/C14H12.C12H10/c1-2-12-8-10-14(11-9-12)13-6-4-3-5-7-13;1-2-10-7-8-11-5-3-4-6-12(11)9-10/h2-11H,1H2;2-9H,1H2. The maximum absolute atomic E-state index is 3.74. The van der Waals surface area contributed by atoms with Crippen LogP contribution in [0.2, 0.25) is 0 Å². The maximum atomic E-state index is 3.74. The smallest absolute Gasteiger partial charge is 0.0178 e. The Labute approximate surface area is 155 Å². The molecule has 4 rings (SSSR count). The van der Waals surface area contributed by atoms with Gasteiger partial charge in [0.1, 0.15) is 0 Å². The molecule has 0 bridgehead atoms. The van der Waals surface area contributed by atoms with Crippen LogP contribution in [0.4, 0.5) is 0 Å². The van der Waals surface area contributed by atoms with Gasteiger partial charge in [-0.15, -0.1) is 0 Å². The van der Waals surface area contributed by atoms with Crippen molar-refractivity contribution in [2.75, 3.05) is 0 Å². The fourth-order valence-corrected chi connectivity index (χ4v) is 2.78. The van der Waals surface area contributed by atoms with E-state index in [1.807, 2.05) is 18.2 Å². The van der Waals surface area contributed by atoms with Crippen molar-refractivity contribution in [3.63, 3.8) is 0 Å². The highest BCUT2D eigenvalue weighted by Gasteiger charge is 1.94. The molecule has 0 saturated carbocycles. The lowest BCUT2D eigenvalue weighted by atomic mass is 10.0. The lowest BCUT2D eigenvalue weighted by molar-refractivity contribution is 1.60. The Morgan fingerprint density at radius 2 is 1.00 bits per heavy atom. The molecule has 0 amide bonds. The molecule has 4 aromatic carbocycles. The number of hydrogen-bond donors (Lipinski definition) is 0. The minimum atomic E-state index is 1.16. The van der Waals surface area contributed by atoms with Crippen molar-refractivity contribution in [1.82, 2.24) is 0 Å². The van der Waals surface area contributed by atoms with Crippen molar-refractivity contribution >= 4 is 22.9 Å². The first-order chi connectivity index (χ1) is 12.8. The first kappa shape index (κ1) is 17.4. The fourth-order valence-electron chi connectivity index (χ4n) is 2.78. The van der Waals surface area contributed by atoms with Gasteiger partial charge >= 0.3 is 0 Å². The zero-order valence-corrected chi connectivity index (χ0v) is 14.8. The van der Waals surface area contributed by atoms with E-state index in [9.17, 15) is 0 Å². The zero-order valence-electron chi connectivity index (χ0n) is 14.8. The molecule has 0 unspecified atom stereocenters. The molecule has 0 spiro atoms. The Morgan fingerprint density at radius 3 is 1.65 bits per heavy atom. The summed E-state index contributed by atoms with van der Waals surface area (Å²) in [6.45, 7) is 7.47. The van der Waals surface area contributed by atoms with E-state index in [0.29, 0.717) is 0 Å². The van der Waals surface area contributed by atoms with Crippen LogP contribution in [0.15, 0.2) is 110 Å². The summed E-state index contributed by atoms with van der Waals surface area (Å²) in [4.78, 5) is 0. The average Bonchev–Trinajstić information content (AvgIpc) is 2.74. The van der Waals surface area contributed by atoms with Crippen LogP contribution in [0.3, 0.4) is 0 Å². The van der Waals surface area contributed by atoms with E-state index in [1.54, 1.807) is 0 Å². The highest BCUT2D eigenvalue weighted by atomic mass is 14.0. The average molecular weight is 334 g/mol. The molecule has 0 fully saturated rings. The molecule has 0 nitrogen and oxygen atoms in total. The van der Waals surface area contributed by atoms with Crippen LogP contribution in [-0.2, 0) is 0 Å². The van der Waals surface area contributed by atoms with Crippen LogP contribution >= 0.6 is 0 Å². The van der Waals surface area contributed by atoms with E-state index in [2.05, 4.69) is 104 Å². The van der Waals surface area contributed by atoms with Crippen molar-refractivity contribution in [2.45, 2.75) is 0 Å². The number of benzene rings is 4. The Hall–Kier alpha value is -3.38. The SMILES string of the molecule is C=Cc1ccc(-c2ccccc2)cc1.C=Cc1ccc2ccccc2c1. The highest BCUT2D eigenvalue weighted by molar-refractivity contribution is 5.84. The predicted octanol–water partition coefficient (Wildman–Crippen LogP) is 7.48. The van der Waals surface area contributed by atoms with Gasteiger partial charge in [0, 0.05) is 0 Å². The van der Waals surface area contributed by atoms with E-state index in [1.165, 1.54) is 27.5 Å². The van der Waals surface area contributed by atoms with Crippen LogP contribution in [-0.4, -0.2) is 0 Å². The first-order valence-corrected chi connectivity index (χ1v) is 8.69. The summed E-state index contributed by atoms with van der Waals surface area (Å²) < 4.78 is 0. The number of fused-ring (bicyclic) bond motifs is 1. The molecule has 4 aromatic rings. The molecule has 0 aliphatic heterocycles. The van der Waals surface area contributed by atoms with E-state index in [4.69, 9.17) is 0 Å². The van der Waals surface area contributed by atoms with Crippen molar-refractivity contribution in [2.24, 2.45) is 0 Å². The van der Waals surface area contributed by atoms with Gasteiger partial charge in [0.05, 0.1) is 0 Å². The Kier molecular flexibility index (Phi) is 5.80. The second-order valence-electron chi connectivity index (χ2n) is 6.00. The number of hydrogen-bond acceptors (Lipinski definition) is 0. The second kappa shape index (κ2) is 8.64. The van der Waals surface area contributed by atoms with Gasteiger partial charge in [0.2, 0.25) is 0 Å². The Bertz CT molecular complexity index is 993. The van der Waals surface area contributed by atoms with Gasteiger partial charge in [-0.1, -0.05) is 116 Å². The molecule has 26 heavy (non-hydrogen) atoms. The maximum Gasteiger partial charge on any atom is -0.0178 e. The van der Waals surface area contributed by atoms with Gasteiger partial charge in [0.15, 0.2) is 0 Å². The third-order valence-corrected chi connectivity index (χ3v) is 4.26. The van der Waals surface area contributed by atoms with Crippen LogP contribution in [0.25, 0.3) is 34.1 Å². The summed E-state index contributed by atoms with van der Waals surface area (Å²) in [6.07, 6.45) is 3.72. The summed E-state index contributed by atoms with van der Waals surface area (Å²) in [6, 6.07) is 33.4. The van der Waals surface area contributed by atoms with E-state index in [-0.39, 0.29) is 0 Å². The van der Waals surface area contributed by atoms with Crippen LogP contribution in [0.1, 0.15) is 11.1 Å². The first-order valence-electron chi connectivity index (χ1n) is 8.69. The molecule has 0 heteroatoms. The third kappa shape index (κ3) is 4.37. The van der Waals surface area contributed by atoms with Crippen molar-refractivity contribution in [1.29, 1.82) is 0 Å². The lowest BCUT2D eigenvalue weighted by Crippen LogP contribution is -1.76. The summed E-state index contributed by atoms with van der Waals surface area (Å²) in [7, 11) is 0. The Morgan fingerprint density at radius 1 is 0.462 bits per heavy atom. The molecule has 0 radical (unpaired) electrons. The van der Waals surface area contributed by atoms with Crippen LogP contribution < -0.4 is 0 Å². The van der Waals surface area contributed by atoms with E-state index >= 15 is 0 Å². The van der Waals surface area contributed by atoms with Crippen molar-refractivity contribution < 1.29 is 0 Å². The molecule has 0 aliphatic carbocycles. The van der Waals surface area contributed by atoms with Gasteiger partial charge in [-0.25, -0.2) is 0 Å². The highest BCUT2D eigenvalue weighted by Crippen LogP contribution is 2.19. The monoisotopic (exact) mass is 334 g/mol. The molecule has 0 aromatic heterocycles. The molecule has 0 saturated heterocycles. The van der Waals surface area contributed by atoms with E-state index < -0.39 is 0 Å². The van der Waals surface area contributed by atoms with Crippen LogP contribution in [0, 0.1) is 0 Å². The van der Waals surface area contributed by atoms with Crippen molar-refractivity contribution in [3.8, 4) is 11.1 Å². The van der Waals surface area contributed by atoms with Crippen LogP contribution in [0.5, 0.6) is 0 Å². The minimum Gasteiger partial charge on any atom is -0.0985 e. The normalized spacial score (nSPS) is 9.85. The van der Waals surface area contributed by atoms with Gasteiger partial charge in [-0.3, -0.25) is 0 Å².